The molecule has 2 rings (SSSR count). The second kappa shape index (κ2) is 8.93. The summed E-state index contributed by atoms with van der Waals surface area (Å²) >= 11 is 0. The molecule has 5 heteroatoms. The minimum absolute atomic E-state index is 0. The molecule has 104 valence electrons. The number of hydrogen-bond donors (Lipinski definition) is 0. The summed E-state index contributed by atoms with van der Waals surface area (Å²) in [4.78, 5) is 20.6. The first-order chi connectivity index (χ1) is 8.43. The molecule has 0 amide bonds. The molecule has 0 aromatic carbocycles. The molecule has 0 heterocycles. The van der Waals surface area contributed by atoms with Crippen LogP contribution in [0.1, 0.15) is 52.4 Å². The van der Waals surface area contributed by atoms with E-state index in [0.29, 0.717) is 11.8 Å². The van der Waals surface area contributed by atoms with Gasteiger partial charge in [-0.15, -0.1) is 0 Å². The van der Waals surface area contributed by atoms with E-state index in [9.17, 15) is 19.8 Å². The maximum atomic E-state index is 10.3. The van der Waals surface area contributed by atoms with Crippen molar-refractivity contribution in [2.45, 2.75) is 52.4 Å². The van der Waals surface area contributed by atoms with Crippen LogP contribution in [0.4, 0.5) is 0 Å². The summed E-state index contributed by atoms with van der Waals surface area (Å²) in [5.74, 6) is -1.36. The van der Waals surface area contributed by atoms with Gasteiger partial charge in [0, 0.05) is 23.8 Å². The van der Waals surface area contributed by atoms with E-state index in [2.05, 4.69) is 0 Å². The van der Waals surface area contributed by atoms with E-state index in [1.54, 1.807) is 0 Å². The Labute approximate surface area is 135 Å². The van der Waals surface area contributed by atoms with E-state index in [-0.39, 0.29) is 39.5 Å². The Kier molecular flexibility index (Phi) is 8.87. The second-order valence-corrected chi connectivity index (χ2v) is 5.67. The Morgan fingerprint density at radius 3 is 1.21 bits per heavy atom. The van der Waals surface area contributed by atoms with Crippen molar-refractivity contribution in [2.24, 2.45) is 23.7 Å². The van der Waals surface area contributed by atoms with Gasteiger partial charge >= 0.3 is 27.7 Å². The molecule has 2 saturated carbocycles. The van der Waals surface area contributed by atoms with E-state index in [4.69, 9.17) is 0 Å². The van der Waals surface area contributed by atoms with Gasteiger partial charge < -0.3 is 19.8 Å². The smallest absolute Gasteiger partial charge is 0.550 e. The van der Waals surface area contributed by atoms with E-state index >= 15 is 0 Å². The molecule has 0 aromatic rings. The van der Waals surface area contributed by atoms with Crippen molar-refractivity contribution in [1.82, 2.24) is 0 Å². The van der Waals surface area contributed by atoms with Gasteiger partial charge in [0.25, 0.3) is 0 Å². The maximum absolute atomic E-state index is 10.3. The first-order valence-corrected chi connectivity index (χ1v) is 6.85. The van der Waals surface area contributed by atoms with Crippen LogP contribution in [0.5, 0.6) is 0 Å². The third kappa shape index (κ3) is 5.80. The maximum Gasteiger partial charge on any atom is 2.00 e. The molecule has 0 aromatic heterocycles. The molecule has 2 aliphatic carbocycles. The fourth-order valence-electron chi connectivity index (χ4n) is 2.99. The van der Waals surface area contributed by atoms with Crippen molar-refractivity contribution in [2.75, 3.05) is 0 Å². The Balaban J connectivity index is 0.000000324. The van der Waals surface area contributed by atoms with Crippen LogP contribution >= 0.6 is 0 Å². The number of aliphatic carboxylic acids is 2. The summed E-state index contributed by atoms with van der Waals surface area (Å²) in [6.07, 6.45) is 5.86. The average molecular weight is 455 g/mol. The number of carbonyl (C=O) groups is 2. The molecule has 4 nitrogen and oxygen atoms in total. The number of carbonyl (C=O) groups excluding carboxylic acids is 2. The van der Waals surface area contributed by atoms with Crippen molar-refractivity contribution < 1.29 is 47.5 Å². The zero-order chi connectivity index (χ0) is 13.7. The van der Waals surface area contributed by atoms with Crippen LogP contribution in [-0.2, 0) is 37.3 Å². The Bertz CT molecular complexity index is 276. The van der Waals surface area contributed by atoms with Gasteiger partial charge in [0.1, 0.15) is 0 Å². The van der Waals surface area contributed by atoms with Crippen molar-refractivity contribution >= 4 is 11.9 Å². The van der Waals surface area contributed by atoms with E-state index in [1.165, 1.54) is 0 Å². The quantitative estimate of drug-likeness (QED) is 0.564. The summed E-state index contributed by atoms with van der Waals surface area (Å²) < 4.78 is 0. The van der Waals surface area contributed by atoms with Crippen LogP contribution in [0.15, 0.2) is 0 Å². The summed E-state index contributed by atoms with van der Waals surface area (Å²) in [5.41, 5.74) is 0. The first-order valence-electron chi connectivity index (χ1n) is 6.85. The molecule has 0 spiro atoms. The molecular weight excluding hydrogens is 433 g/mol. The van der Waals surface area contributed by atoms with Gasteiger partial charge in [-0.05, 0) is 24.7 Å². The minimum Gasteiger partial charge on any atom is -0.550 e. The van der Waals surface area contributed by atoms with E-state index in [1.807, 2.05) is 13.8 Å². The molecule has 0 saturated heterocycles. The predicted molar refractivity (Wildman–Crippen MR) is 63.0 cm³/mol. The SMILES string of the molecule is CC1CCCC1C(=O)[O-].CC1CCCC1C(=O)[O-].[Hg+2]. The minimum atomic E-state index is -0.861. The normalized spacial score (nSPS) is 32.9. The van der Waals surface area contributed by atoms with Gasteiger partial charge in [0.2, 0.25) is 0 Å². The topological polar surface area (TPSA) is 80.3 Å². The number of hydrogen-bond acceptors (Lipinski definition) is 4. The van der Waals surface area contributed by atoms with E-state index < -0.39 is 11.9 Å². The largest absolute Gasteiger partial charge is 2.00 e. The fourth-order valence-corrected chi connectivity index (χ4v) is 2.99. The standard InChI is InChI=1S/2C7H12O2.Hg/c2*1-5-3-2-4-6(5)7(8)9;/h2*5-6H,2-4H2,1H3,(H,8,9);/q;;+2/p-2. The first kappa shape index (κ1) is 18.9. The van der Waals surface area contributed by atoms with Crippen molar-refractivity contribution in [3.05, 3.63) is 0 Å². The third-order valence-electron chi connectivity index (χ3n) is 4.33. The van der Waals surface area contributed by atoms with Crippen LogP contribution in [-0.4, -0.2) is 11.9 Å². The van der Waals surface area contributed by atoms with Crippen LogP contribution < -0.4 is 10.2 Å². The molecular formula is C14H22HgO4. The number of carboxylic acids is 2. The van der Waals surface area contributed by atoms with Crippen LogP contribution in [0.3, 0.4) is 0 Å². The van der Waals surface area contributed by atoms with Gasteiger partial charge in [0.05, 0.1) is 0 Å². The summed E-state index contributed by atoms with van der Waals surface area (Å²) in [6.45, 7) is 3.96. The summed E-state index contributed by atoms with van der Waals surface area (Å²) in [7, 11) is 0. The van der Waals surface area contributed by atoms with Gasteiger partial charge in [-0.25, -0.2) is 0 Å². The molecule has 4 atom stereocenters. The van der Waals surface area contributed by atoms with Crippen LogP contribution in [0.25, 0.3) is 0 Å². The summed E-state index contributed by atoms with van der Waals surface area (Å²) in [5, 5.41) is 20.6. The fraction of sp³-hybridized carbons (Fsp3) is 0.857. The Morgan fingerprint density at radius 1 is 0.789 bits per heavy atom. The monoisotopic (exact) mass is 456 g/mol. The Hall–Kier alpha value is -0.125. The summed E-state index contributed by atoms with van der Waals surface area (Å²) in [6, 6.07) is 0. The zero-order valence-electron chi connectivity index (χ0n) is 11.9. The van der Waals surface area contributed by atoms with Crippen LogP contribution in [0.2, 0.25) is 0 Å². The molecule has 0 bridgehead atoms. The van der Waals surface area contributed by atoms with Gasteiger partial charge in [-0.1, -0.05) is 39.5 Å². The van der Waals surface area contributed by atoms with Gasteiger partial charge in [0.15, 0.2) is 0 Å². The molecule has 0 N–H and O–H groups in total. The van der Waals surface area contributed by atoms with Crippen molar-refractivity contribution in [1.29, 1.82) is 0 Å². The Morgan fingerprint density at radius 2 is 1.11 bits per heavy atom. The molecule has 4 unspecified atom stereocenters. The number of carboxylic acid groups (broad SMARTS) is 2. The van der Waals surface area contributed by atoms with E-state index in [0.717, 1.165) is 38.5 Å². The molecule has 2 aliphatic rings. The van der Waals surface area contributed by atoms with Crippen molar-refractivity contribution in [3.63, 3.8) is 0 Å². The van der Waals surface area contributed by atoms with Gasteiger partial charge in [-0.3, -0.25) is 0 Å². The zero-order valence-corrected chi connectivity index (χ0v) is 17.4. The van der Waals surface area contributed by atoms with Crippen molar-refractivity contribution in [3.8, 4) is 0 Å². The average Bonchev–Trinajstić information content (AvgIpc) is 2.87. The van der Waals surface area contributed by atoms with Crippen LogP contribution in [0, 0.1) is 23.7 Å². The second-order valence-electron chi connectivity index (χ2n) is 5.67. The molecule has 0 radical (unpaired) electrons. The molecule has 2 fully saturated rings. The third-order valence-corrected chi connectivity index (χ3v) is 4.33. The predicted octanol–water partition coefficient (Wildman–Crippen LogP) is 0.343. The van der Waals surface area contributed by atoms with Gasteiger partial charge in [-0.2, -0.15) is 0 Å². The number of rotatable bonds is 2. The molecule has 0 aliphatic heterocycles. The molecule has 19 heavy (non-hydrogen) atoms.